The molecule has 116 valence electrons. The van der Waals surface area contributed by atoms with Crippen molar-refractivity contribution in [2.75, 3.05) is 26.7 Å². The number of nitrogens with two attached hydrogens (primary N) is 1. The molecule has 1 saturated heterocycles. The maximum atomic E-state index is 12.9. The number of nitrogens with zero attached hydrogens (tertiary/aromatic N) is 2. The first kappa shape index (κ1) is 14.6. The number of carbonyl (C=O) groups is 1. The molecular weight excluding hydrogens is 266 g/mol. The third-order valence-corrected chi connectivity index (χ3v) is 4.97. The Labute approximate surface area is 126 Å². The van der Waals surface area contributed by atoms with Crippen molar-refractivity contribution in [3.63, 3.8) is 0 Å². The molecule has 1 aromatic rings. The average Bonchev–Trinajstić information content (AvgIpc) is 2.96. The van der Waals surface area contributed by atoms with Crippen LogP contribution in [0.3, 0.4) is 0 Å². The molecule has 0 aromatic carbocycles. The molecule has 1 aromatic heterocycles. The van der Waals surface area contributed by atoms with Crippen LogP contribution in [0.15, 0.2) is 16.7 Å². The van der Waals surface area contributed by atoms with E-state index < -0.39 is 0 Å². The van der Waals surface area contributed by atoms with E-state index in [9.17, 15) is 4.79 Å². The number of hydrogen-bond donors (Lipinski definition) is 1. The van der Waals surface area contributed by atoms with Gasteiger partial charge in [-0.05, 0) is 26.0 Å². The number of rotatable bonds is 2. The van der Waals surface area contributed by atoms with Gasteiger partial charge in [-0.2, -0.15) is 0 Å². The van der Waals surface area contributed by atoms with Crippen LogP contribution in [-0.2, 0) is 6.54 Å². The zero-order valence-corrected chi connectivity index (χ0v) is 12.8. The zero-order chi connectivity index (χ0) is 14.9. The summed E-state index contributed by atoms with van der Waals surface area (Å²) in [6.45, 7) is 3.06. The zero-order valence-electron chi connectivity index (χ0n) is 12.8. The molecule has 1 spiro atoms. The first-order valence-corrected chi connectivity index (χ1v) is 7.93. The molecule has 1 saturated carbocycles. The Morgan fingerprint density at radius 2 is 2.10 bits per heavy atom. The second-order valence-corrected chi connectivity index (χ2v) is 6.49. The lowest BCUT2D eigenvalue weighted by atomic mass is 9.78. The summed E-state index contributed by atoms with van der Waals surface area (Å²) in [5.41, 5.74) is 6.23. The van der Waals surface area contributed by atoms with E-state index in [2.05, 4.69) is 16.8 Å². The molecule has 0 atom stereocenters. The number of amides is 1. The van der Waals surface area contributed by atoms with E-state index in [4.69, 9.17) is 10.2 Å². The van der Waals surface area contributed by atoms with Gasteiger partial charge in [0, 0.05) is 19.6 Å². The number of piperazine rings is 1. The number of hydrogen-bond acceptors (Lipinski definition) is 4. The van der Waals surface area contributed by atoms with Crippen molar-refractivity contribution in [2.45, 2.75) is 44.2 Å². The Hall–Kier alpha value is -1.33. The predicted molar refractivity (Wildman–Crippen MR) is 80.9 cm³/mol. The Morgan fingerprint density at radius 3 is 2.76 bits per heavy atom. The van der Waals surface area contributed by atoms with Gasteiger partial charge in [0.15, 0.2) is 0 Å². The topological polar surface area (TPSA) is 62.7 Å². The summed E-state index contributed by atoms with van der Waals surface area (Å²) >= 11 is 0. The van der Waals surface area contributed by atoms with Crippen LogP contribution in [-0.4, -0.2) is 47.9 Å². The summed E-state index contributed by atoms with van der Waals surface area (Å²) in [5.74, 6) is 0.777. The molecule has 0 bridgehead atoms. The Kier molecular flexibility index (Phi) is 4.04. The minimum Gasteiger partial charge on any atom is -0.467 e. The molecule has 0 unspecified atom stereocenters. The fraction of sp³-hybridized carbons (Fsp3) is 0.688. The smallest absolute Gasteiger partial charge is 0.257 e. The molecule has 1 amide bonds. The van der Waals surface area contributed by atoms with Crippen LogP contribution in [0.1, 0.15) is 48.2 Å². The summed E-state index contributed by atoms with van der Waals surface area (Å²) in [5, 5.41) is 0. The van der Waals surface area contributed by atoms with Gasteiger partial charge in [0.1, 0.15) is 12.0 Å². The first-order chi connectivity index (χ1) is 10.1. The van der Waals surface area contributed by atoms with Crippen molar-refractivity contribution in [1.82, 2.24) is 9.80 Å². The molecule has 5 nitrogen and oxygen atoms in total. The van der Waals surface area contributed by atoms with Crippen molar-refractivity contribution in [1.29, 1.82) is 0 Å². The van der Waals surface area contributed by atoms with Gasteiger partial charge >= 0.3 is 0 Å². The summed E-state index contributed by atoms with van der Waals surface area (Å²) in [4.78, 5) is 17.4. The Morgan fingerprint density at radius 1 is 1.33 bits per heavy atom. The van der Waals surface area contributed by atoms with E-state index in [1.165, 1.54) is 19.3 Å². The van der Waals surface area contributed by atoms with Crippen LogP contribution in [0.4, 0.5) is 0 Å². The van der Waals surface area contributed by atoms with Crippen LogP contribution in [0.25, 0.3) is 0 Å². The molecule has 2 heterocycles. The van der Waals surface area contributed by atoms with Gasteiger partial charge in [-0.1, -0.05) is 19.3 Å². The lowest BCUT2D eigenvalue weighted by Gasteiger charge is -2.52. The van der Waals surface area contributed by atoms with Crippen LogP contribution in [0.5, 0.6) is 0 Å². The highest BCUT2D eigenvalue weighted by Crippen LogP contribution is 2.37. The molecule has 5 heteroatoms. The Balaban J connectivity index is 1.85. The van der Waals surface area contributed by atoms with E-state index in [1.54, 1.807) is 12.3 Å². The van der Waals surface area contributed by atoms with E-state index in [0.717, 1.165) is 32.5 Å². The molecule has 2 aliphatic rings. The van der Waals surface area contributed by atoms with E-state index in [1.807, 2.05) is 0 Å². The quantitative estimate of drug-likeness (QED) is 0.903. The van der Waals surface area contributed by atoms with E-state index >= 15 is 0 Å². The predicted octanol–water partition coefficient (Wildman–Crippen LogP) is 1.83. The van der Waals surface area contributed by atoms with Gasteiger partial charge in [0.2, 0.25) is 0 Å². The number of likely N-dealkylation sites (N-methyl/N-ethyl adjacent to an activating group) is 1. The lowest BCUT2D eigenvalue weighted by molar-refractivity contribution is -0.00782. The molecule has 2 N–H and O–H groups in total. The van der Waals surface area contributed by atoms with Crippen molar-refractivity contribution in [3.05, 3.63) is 23.7 Å². The highest BCUT2D eigenvalue weighted by atomic mass is 16.3. The molecule has 1 aliphatic heterocycles. The fourth-order valence-corrected chi connectivity index (χ4v) is 3.89. The Bertz CT molecular complexity index is 505. The van der Waals surface area contributed by atoms with E-state index in [0.29, 0.717) is 17.9 Å². The normalized spacial score (nSPS) is 22.7. The molecule has 0 radical (unpaired) electrons. The highest BCUT2D eigenvalue weighted by Gasteiger charge is 2.44. The minimum absolute atomic E-state index is 0.0164. The van der Waals surface area contributed by atoms with Crippen LogP contribution < -0.4 is 5.73 Å². The van der Waals surface area contributed by atoms with Crippen LogP contribution >= 0.6 is 0 Å². The van der Waals surface area contributed by atoms with Crippen LogP contribution in [0.2, 0.25) is 0 Å². The van der Waals surface area contributed by atoms with Crippen molar-refractivity contribution in [2.24, 2.45) is 5.73 Å². The number of furan rings is 1. The maximum Gasteiger partial charge on any atom is 0.257 e. The van der Waals surface area contributed by atoms with Gasteiger partial charge in [0.05, 0.1) is 17.6 Å². The fourth-order valence-electron chi connectivity index (χ4n) is 3.89. The molecule has 21 heavy (non-hydrogen) atoms. The third-order valence-electron chi connectivity index (χ3n) is 4.97. The summed E-state index contributed by atoms with van der Waals surface area (Å²) in [6.07, 6.45) is 7.51. The van der Waals surface area contributed by atoms with Gasteiger partial charge < -0.3 is 20.0 Å². The summed E-state index contributed by atoms with van der Waals surface area (Å²) in [7, 11) is 2.16. The van der Waals surface area contributed by atoms with Crippen molar-refractivity contribution in [3.8, 4) is 0 Å². The molecule has 1 aliphatic carbocycles. The van der Waals surface area contributed by atoms with Gasteiger partial charge in [-0.25, -0.2) is 0 Å². The lowest BCUT2D eigenvalue weighted by Crippen LogP contribution is -2.63. The average molecular weight is 291 g/mol. The van der Waals surface area contributed by atoms with Gasteiger partial charge in [0.25, 0.3) is 5.91 Å². The number of carbonyl (C=O) groups excluding carboxylic acids is 1. The van der Waals surface area contributed by atoms with Crippen molar-refractivity contribution >= 4 is 5.91 Å². The third kappa shape index (κ3) is 2.72. The molecule has 2 fully saturated rings. The maximum absolute atomic E-state index is 12.9. The van der Waals surface area contributed by atoms with Gasteiger partial charge in [-0.15, -0.1) is 0 Å². The highest BCUT2D eigenvalue weighted by molar-refractivity contribution is 5.94. The SMILES string of the molecule is CN1CCN(C(=O)c2coc(CN)c2)C2(CCCCC2)C1. The molecule has 3 rings (SSSR count). The molecular formula is C16H25N3O2. The summed E-state index contributed by atoms with van der Waals surface area (Å²) < 4.78 is 5.34. The standard InChI is InChI=1S/C16H25N3O2/c1-18-7-8-19(16(12-18)5-3-2-4-6-16)15(20)13-9-14(10-17)21-11-13/h9,11H,2-8,10,12,17H2,1H3. The van der Waals surface area contributed by atoms with Crippen molar-refractivity contribution < 1.29 is 9.21 Å². The second-order valence-electron chi connectivity index (χ2n) is 6.49. The largest absolute Gasteiger partial charge is 0.467 e. The van der Waals surface area contributed by atoms with Gasteiger partial charge in [-0.3, -0.25) is 4.79 Å². The first-order valence-electron chi connectivity index (χ1n) is 7.93. The van der Waals surface area contributed by atoms with E-state index in [-0.39, 0.29) is 11.4 Å². The summed E-state index contributed by atoms with van der Waals surface area (Å²) in [6, 6.07) is 1.79. The minimum atomic E-state index is 0.0164. The van der Waals surface area contributed by atoms with Crippen LogP contribution in [0, 0.1) is 0 Å². The monoisotopic (exact) mass is 291 g/mol. The second kappa shape index (κ2) is 5.81.